The molecular weight excluding hydrogens is 399 g/mol. The van der Waals surface area contributed by atoms with Gasteiger partial charge in [-0.15, -0.1) is 0 Å². The zero-order valence-corrected chi connectivity index (χ0v) is 17.2. The number of aryl methyl sites for hydroxylation is 1. The van der Waals surface area contributed by atoms with E-state index in [1.165, 1.54) is 11.0 Å². The Morgan fingerprint density at radius 2 is 2.10 bits per heavy atom. The van der Waals surface area contributed by atoms with Gasteiger partial charge < -0.3 is 14.9 Å². The van der Waals surface area contributed by atoms with E-state index in [0.29, 0.717) is 35.5 Å². The highest BCUT2D eigenvalue weighted by Crippen LogP contribution is 2.28. The SMILES string of the molecule is CN(c1cnc2nc(-c3cc(F)c4nn(C)cc4c3)ccc2c1)[C@@H]1CCN(C(=O)O)C1. The van der Waals surface area contributed by atoms with Gasteiger partial charge in [-0.3, -0.25) is 4.68 Å². The lowest BCUT2D eigenvalue weighted by molar-refractivity contribution is 0.155. The molecule has 31 heavy (non-hydrogen) atoms. The van der Waals surface area contributed by atoms with E-state index in [4.69, 9.17) is 0 Å². The van der Waals surface area contributed by atoms with Crippen LogP contribution in [0.3, 0.4) is 0 Å². The van der Waals surface area contributed by atoms with Crippen LogP contribution in [0.2, 0.25) is 0 Å². The Balaban J connectivity index is 1.45. The maximum Gasteiger partial charge on any atom is 0.407 e. The summed E-state index contributed by atoms with van der Waals surface area (Å²) in [5.74, 6) is -0.383. The lowest BCUT2D eigenvalue weighted by atomic mass is 10.1. The molecule has 9 heteroatoms. The second-order valence-electron chi connectivity index (χ2n) is 7.92. The maximum atomic E-state index is 14.5. The van der Waals surface area contributed by atoms with Crippen LogP contribution in [0.1, 0.15) is 6.42 Å². The number of rotatable bonds is 3. The third-order valence-electron chi connectivity index (χ3n) is 5.89. The summed E-state index contributed by atoms with van der Waals surface area (Å²) in [6.07, 6.45) is 3.41. The van der Waals surface area contributed by atoms with Crippen LogP contribution in [0.4, 0.5) is 14.9 Å². The van der Waals surface area contributed by atoms with Crippen LogP contribution in [0.15, 0.2) is 42.7 Å². The predicted octanol–water partition coefficient (Wildman–Crippen LogP) is 3.51. The Labute approximate surface area is 177 Å². The van der Waals surface area contributed by atoms with Gasteiger partial charge in [-0.25, -0.2) is 19.2 Å². The number of fused-ring (bicyclic) bond motifs is 2. The van der Waals surface area contributed by atoms with Crippen molar-refractivity contribution in [3.63, 3.8) is 0 Å². The van der Waals surface area contributed by atoms with E-state index in [2.05, 4.69) is 20.0 Å². The highest BCUT2D eigenvalue weighted by atomic mass is 19.1. The van der Waals surface area contributed by atoms with Crippen molar-refractivity contribution in [2.75, 3.05) is 25.0 Å². The maximum absolute atomic E-state index is 14.5. The molecule has 1 aliphatic rings. The molecule has 1 N–H and O–H groups in total. The highest BCUT2D eigenvalue weighted by Gasteiger charge is 2.29. The van der Waals surface area contributed by atoms with Gasteiger partial charge in [-0.05, 0) is 36.8 Å². The van der Waals surface area contributed by atoms with Crippen molar-refractivity contribution < 1.29 is 14.3 Å². The fourth-order valence-electron chi connectivity index (χ4n) is 4.16. The van der Waals surface area contributed by atoms with Gasteiger partial charge in [0.15, 0.2) is 11.5 Å². The Morgan fingerprint density at radius 3 is 2.87 bits per heavy atom. The lowest BCUT2D eigenvalue weighted by Crippen LogP contribution is -2.36. The van der Waals surface area contributed by atoms with Crippen LogP contribution in [0.5, 0.6) is 0 Å². The summed E-state index contributed by atoms with van der Waals surface area (Å²) in [6, 6.07) is 9.19. The number of pyridine rings is 2. The molecule has 1 fully saturated rings. The first-order valence-electron chi connectivity index (χ1n) is 10.00. The second-order valence-corrected chi connectivity index (χ2v) is 7.92. The third kappa shape index (κ3) is 3.41. The first-order chi connectivity index (χ1) is 14.9. The molecule has 0 unspecified atom stereocenters. The van der Waals surface area contributed by atoms with Gasteiger partial charge in [0.2, 0.25) is 0 Å². The minimum atomic E-state index is -0.884. The fraction of sp³-hybridized carbons (Fsp3) is 0.273. The molecule has 1 aliphatic heterocycles. The minimum absolute atomic E-state index is 0.108. The molecule has 158 valence electrons. The van der Waals surface area contributed by atoms with Crippen LogP contribution in [-0.4, -0.2) is 62.0 Å². The molecule has 0 saturated carbocycles. The number of nitrogens with zero attached hydrogens (tertiary/aromatic N) is 6. The first-order valence-corrected chi connectivity index (χ1v) is 10.00. The quantitative estimate of drug-likeness (QED) is 0.546. The van der Waals surface area contributed by atoms with Gasteiger partial charge in [-0.2, -0.15) is 5.10 Å². The molecule has 3 aromatic heterocycles. The van der Waals surface area contributed by atoms with Crippen LogP contribution in [0.25, 0.3) is 33.2 Å². The van der Waals surface area contributed by atoms with E-state index in [1.807, 2.05) is 31.3 Å². The zero-order valence-electron chi connectivity index (χ0n) is 17.2. The average molecular weight is 420 g/mol. The number of benzene rings is 1. The molecule has 1 amide bonds. The van der Waals surface area contributed by atoms with Crippen molar-refractivity contribution in [3.05, 3.63) is 48.5 Å². The number of aromatic nitrogens is 4. The van der Waals surface area contributed by atoms with Gasteiger partial charge in [-0.1, -0.05) is 0 Å². The summed E-state index contributed by atoms with van der Waals surface area (Å²) < 4.78 is 16.1. The number of amides is 1. The summed E-state index contributed by atoms with van der Waals surface area (Å²) in [4.78, 5) is 23.8. The van der Waals surface area contributed by atoms with Crippen LogP contribution >= 0.6 is 0 Å². The Kier molecular flexibility index (Phi) is 4.46. The monoisotopic (exact) mass is 420 g/mol. The van der Waals surface area contributed by atoms with Crippen molar-refractivity contribution in [2.45, 2.75) is 12.5 Å². The summed E-state index contributed by atoms with van der Waals surface area (Å²) in [5, 5.41) is 14.9. The molecule has 1 saturated heterocycles. The highest BCUT2D eigenvalue weighted by molar-refractivity contribution is 5.86. The Morgan fingerprint density at radius 1 is 1.26 bits per heavy atom. The van der Waals surface area contributed by atoms with Gasteiger partial charge in [0, 0.05) is 55.8 Å². The number of likely N-dealkylation sites (N-methyl/N-ethyl adjacent to an activating group) is 1. The van der Waals surface area contributed by atoms with E-state index in [1.54, 1.807) is 24.1 Å². The number of carbonyl (C=O) groups is 1. The number of carboxylic acid groups (broad SMARTS) is 1. The van der Waals surface area contributed by atoms with Crippen LogP contribution in [-0.2, 0) is 7.05 Å². The summed E-state index contributed by atoms with van der Waals surface area (Å²) in [6.45, 7) is 1.01. The standard InChI is InChI=1S/C22H21FN6O2/c1-27-11-15-7-14(9-18(23)20(15)26-27)19-4-3-13-8-17(10-24-21(13)25-19)28(2)16-5-6-29(12-16)22(30)31/h3-4,7-11,16H,5-6,12H2,1-2H3,(H,30,31)/t16-/m1/s1. The van der Waals surface area contributed by atoms with Gasteiger partial charge in [0.05, 0.1) is 17.6 Å². The largest absolute Gasteiger partial charge is 0.465 e. The number of halogens is 1. The number of hydrogen-bond donors (Lipinski definition) is 1. The smallest absolute Gasteiger partial charge is 0.407 e. The normalized spacial score (nSPS) is 16.4. The molecule has 0 bridgehead atoms. The Hall–Kier alpha value is -3.75. The summed E-state index contributed by atoms with van der Waals surface area (Å²) >= 11 is 0. The fourth-order valence-corrected chi connectivity index (χ4v) is 4.16. The third-order valence-corrected chi connectivity index (χ3v) is 5.89. The number of hydrogen-bond acceptors (Lipinski definition) is 5. The summed E-state index contributed by atoms with van der Waals surface area (Å²) in [5.41, 5.74) is 3.12. The van der Waals surface area contributed by atoms with E-state index < -0.39 is 6.09 Å². The van der Waals surface area contributed by atoms with Crippen molar-refractivity contribution >= 4 is 33.7 Å². The van der Waals surface area contributed by atoms with Crippen LogP contribution < -0.4 is 4.90 Å². The predicted molar refractivity (Wildman–Crippen MR) is 116 cm³/mol. The molecule has 0 spiro atoms. The van der Waals surface area contributed by atoms with E-state index >= 15 is 0 Å². The lowest BCUT2D eigenvalue weighted by Gasteiger charge is -2.26. The number of anilines is 1. The molecule has 1 aromatic carbocycles. The molecule has 5 rings (SSSR count). The van der Waals surface area contributed by atoms with E-state index in [-0.39, 0.29) is 11.9 Å². The van der Waals surface area contributed by atoms with Gasteiger partial charge in [0.1, 0.15) is 5.52 Å². The van der Waals surface area contributed by atoms with Crippen molar-refractivity contribution in [2.24, 2.45) is 7.05 Å². The molecule has 0 aliphatic carbocycles. The van der Waals surface area contributed by atoms with Crippen LogP contribution in [0, 0.1) is 5.82 Å². The van der Waals surface area contributed by atoms with Gasteiger partial charge in [0.25, 0.3) is 0 Å². The first kappa shape index (κ1) is 19.2. The molecule has 1 atom stereocenters. The number of likely N-dealkylation sites (tertiary alicyclic amines) is 1. The molecule has 4 aromatic rings. The van der Waals surface area contributed by atoms with Crippen molar-refractivity contribution in [1.29, 1.82) is 0 Å². The molecule has 0 radical (unpaired) electrons. The van der Waals surface area contributed by atoms with Crippen molar-refractivity contribution in [1.82, 2.24) is 24.6 Å². The van der Waals surface area contributed by atoms with Crippen molar-refractivity contribution in [3.8, 4) is 11.3 Å². The topological polar surface area (TPSA) is 87.4 Å². The second kappa shape index (κ2) is 7.19. The molecule has 4 heterocycles. The molecular formula is C22H21FN6O2. The zero-order chi connectivity index (χ0) is 21.7. The van der Waals surface area contributed by atoms with E-state index in [9.17, 15) is 14.3 Å². The van der Waals surface area contributed by atoms with E-state index in [0.717, 1.165) is 22.9 Å². The Bertz CT molecular complexity index is 1320. The molecule has 8 nitrogen and oxygen atoms in total. The minimum Gasteiger partial charge on any atom is -0.465 e. The average Bonchev–Trinajstić information content (AvgIpc) is 3.39. The van der Waals surface area contributed by atoms with Gasteiger partial charge >= 0.3 is 6.09 Å². The summed E-state index contributed by atoms with van der Waals surface area (Å²) in [7, 11) is 3.71.